The van der Waals surface area contributed by atoms with Crippen molar-refractivity contribution in [3.8, 4) is 0 Å². The van der Waals surface area contributed by atoms with Crippen molar-refractivity contribution < 1.29 is 23.1 Å². The largest absolute Gasteiger partial charge is 0.468 e. The third-order valence-corrected chi connectivity index (χ3v) is 3.20. The molecule has 0 aliphatic carbocycles. The van der Waals surface area contributed by atoms with Gasteiger partial charge in [0.25, 0.3) is 0 Å². The molecule has 0 saturated heterocycles. The van der Waals surface area contributed by atoms with Gasteiger partial charge in [-0.3, -0.25) is 4.79 Å². The molecule has 0 heterocycles. The zero-order valence-electron chi connectivity index (χ0n) is 9.44. The van der Waals surface area contributed by atoms with Crippen molar-refractivity contribution in [3.63, 3.8) is 0 Å². The number of unbranched alkanes of at least 4 members (excludes halogenated alkanes) is 3. The van der Waals surface area contributed by atoms with Gasteiger partial charge in [-0.25, -0.2) is 13.1 Å². The van der Waals surface area contributed by atoms with Crippen LogP contribution >= 0.6 is 0 Å². The predicted molar refractivity (Wildman–Crippen MR) is 59.4 cm³/mol. The van der Waals surface area contributed by atoms with Gasteiger partial charge in [-0.05, 0) is 12.8 Å². The minimum absolute atomic E-state index is 0.161. The van der Waals surface area contributed by atoms with Gasteiger partial charge in [0.2, 0.25) is 10.0 Å². The third-order valence-electron chi connectivity index (χ3n) is 1.94. The van der Waals surface area contributed by atoms with Crippen LogP contribution in [0.3, 0.4) is 0 Å². The molecular formula is C9H19NO5S. The summed E-state index contributed by atoms with van der Waals surface area (Å²) in [6, 6.07) is 0. The molecule has 0 aromatic carbocycles. The monoisotopic (exact) mass is 253 g/mol. The molecule has 0 aromatic heterocycles. The first kappa shape index (κ1) is 15.3. The molecule has 0 aliphatic heterocycles. The summed E-state index contributed by atoms with van der Waals surface area (Å²) in [5.74, 6) is -1.41. The van der Waals surface area contributed by atoms with Crippen LogP contribution in [0.4, 0.5) is 0 Å². The van der Waals surface area contributed by atoms with Gasteiger partial charge >= 0.3 is 5.97 Å². The van der Waals surface area contributed by atoms with E-state index in [1.165, 1.54) is 0 Å². The minimum Gasteiger partial charge on any atom is -0.468 e. The first-order valence-corrected chi connectivity index (χ1v) is 6.82. The minimum atomic E-state index is -3.56. The van der Waals surface area contributed by atoms with Crippen LogP contribution in [0.1, 0.15) is 25.7 Å². The first-order valence-electron chi connectivity index (χ1n) is 5.17. The van der Waals surface area contributed by atoms with Gasteiger partial charge in [0.15, 0.2) is 5.75 Å². The van der Waals surface area contributed by atoms with E-state index in [4.69, 9.17) is 5.11 Å². The number of carbonyl (C=O) groups excluding carboxylic acids is 1. The van der Waals surface area contributed by atoms with E-state index in [1.807, 2.05) is 0 Å². The van der Waals surface area contributed by atoms with Crippen molar-refractivity contribution in [1.29, 1.82) is 0 Å². The molecule has 0 atom stereocenters. The Morgan fingerprint density at radius 2 is 1.88 bits per heavy atom. The Bertz CT molecular complexity index is 288. The lowest BCUT2D eigenvalue weighted by Crippen LogP contribution is -2.31. The number of sulfonamides is 1. The van der Waals surface area contributed by atoms with E-state index < -0.39 is 21.7 Å². The molecule has 96 valence electrons. The third kappa shape index (κ3) is 8.63. The zero-order chi connectivity index (χ0) is 12.4. The highest BCUT2D eigenvalue weighted by Gasteiger charge is 2.15. The number of aliphatic hydroxyl groups is 1. The second-order valence-electron chi connectivity index (χ2n) is 3.37. The normalized spacial score (nSPS) is 11.4. The van der Waals surface area contributed by atoms with Crippen LogP contribution in [0.2, 0.25) is 0 Å². The SMILES string of the molecule is COC(=O)CS(=O)(=O)NCCCCCCO. The molecule has 2 N–H and O–H groups in total. The van der Waals surface area contributed by atoms with Crippen molar-refractivity contribution >= 4 is 16.0 Å². The van der Waals surface area contributed by atoms with Gasteiger partial charge in [-0.1, -0.05) is 12.8 Å². The first-order chi connectivity index (χ1) is 7.52. The van der Waals surface area contributed by atoms with Crippen molar-refractivity contribution in [2.75, 3.05) is 26.0 Å². The Hall–Kier alpha value is -0.660. The molecule has 6 nitrogen and oxygen atoms in total. The second kappa shape index (κ2) is 8.49. The molecule has 0 rings (SSSR count). The lowest BCUT2D eigenvalue weighted by Gasteiger charge is -2.05. The fourth-order valence-corrected chi connectivity index (χ4v) is 2.07. The highest BCUT2D eigenvalue weighted by Crippen LogP contribution is 1.98. The Kier molecular flexibility index (Phi) is 8.14. The fraction of sp³-hybridized carbons (Fsp3) is 0.889. The summed E-state index contributed by atoms with van der Waals surface area (Å²) in [6.45, 7) is 0.471. The fourth-order valence-electron chi connectivity index (χ4n) is 1.08. The van der Waals surface area contributed by atoms with E-state index in [0.29, 0.717) is 13.0 Å². The van der Waals surface area contributed by atoms with Crippen LogP contribution in [0.25, 0.3) is 0 Å². The Morgan fingerprint density at radius 3 is 2.44 bits per heavy atom. The second-order valence-corrected chi connectivity index (χ2v) is 5.17. The smallest absolute Gasteiger partial charge is 0.322 e. The summed E-state index contributed by atoms with van der Waals surface area (Å²) in [7, 11) is -2.41. The molecule has 0 amide bonds. The Morgan fingerprint density at radius 1 is 1.25 bits per heavy atom. The number of methoxy groups -OCH3 is 1. The van der Waals surface area contributed by atoms with Crippen LogP contribution < -0.4 is 4.72 Å². The van der Waals surface area contributed by atoms with Crippen molar-refractivity contribution in [1.82, 2.24) is 4.72 Å². The van der Waals surface area contributed by atoms with Crippen LogP contribution in [-0.2, 0) is 19.6 Å². The number of rotatable bonds is 9. The number of ether oxygens (including phenoxy) is 1. The number of nitrogens with one attached hydrogen (secondary N) is 1. The molecule has 16 heavy (non-hydrogen) atoms. The quantitative estimate of drug-likeness (QED) is 0.432. The van der Waals surface area contributed by atoms with Gasteiger partial charge in [-0.15, -0.1) is 0 Å². The Labute approximate surface area is 96.0 Å². The maximum absolute atomic E-state index is 11.2. The van der Waals surface area contributed by atoms with Gasteiger partial charge in [0, 0.05) is 13.2 Å². The van der Waals surface area contributed by atoms with Crippen molar-refractivity contribution in [3.05, 3.63) is 0 Å². The lowest BCUT2D eigenvalue weighted by molar-refractivity contribution is -0.137. The number of hydrogen-bond acceptors (Lipinski definition) is 5. The summed E-state index contributed by atoms with van der Waals surface area (Å²) >= 11 is 0. The van der Waals surface area contributed by atoms with Crippen molar-refractivity contribution in [2.24, 2.45) is 0 Å². The van der Waals surface area contributed by atoms with E-state index in [2.05, 4.69) is 9.46 Å². The van der Waals surface area contributed by atoms with E-state index in [-0.39, 0.29) is 6.61 Å². The van der Waals surface area contributed by atoms with E-state index in [0.717, 1.165) is 26.4 Å². The van der Waals surface area contributed by atoms with Gasteiger partial charge < -0.3 is 9.84 Å². The summed E-state index contributed by atoms with van der Waals surface area (Å²) in [6.07, 6.45) is 3.14. The van der Waals surface area contributed by atoms with Crippen LogP contribution in [0.15, 0.2) is 0 Å². The summed E-state index contributed by atoms with van der Waals surface area (Å²) in [5.41, 5.74) is 0. The maximum atomic E-state index is 11.2. The summed E-state index contributed by atoms with van der Waals surface area (Å²) in [5, 5.41) is 8.52. The summed E-state index contributed by atoms with van der Waals surface area (Å²) in [4.78, 5) is 10.7. The van der Waals surface area contributed by atoms with E-state index >= 15 is 0 Å². The maximum Gasteiger partial charge on any atom is 0.322 e. The molecule has 0 saturated carbocycles. The molecular weight excluding hydrogens is 234 g/mol. The number of aliphatic hydroxyl groups excluding tert-OH is 1. The highest BCUT2D eigenvalue weighted by molar-refractivity contribution is 7.90. The van der Waals surface area contributed by atoms with E-state index in [9.17, 15) is 13.2 Å². The van der Waals surface area contributed by atoms with Gasteiger partial charge in [0.1, 0.15) is 0 Å². The predicted octanol–water partition coefficient (Wildman–Crippen LogP) is -0.368. The lowest BCUT2D eigenvalue weighted by atomic mass is 10.2. The van der Waals surface area contributed by atoms with Crippen LogP contribution in [0.5, 0.6) is 0 Å². The van der Waals surface area contributed by atoms with Gasteiger partial charge in [-0.2, -0.15) is 0 Å². The molecule has 0 aromatic rings. The summed E-state index contributed by atoms with van der Waals surface area (Å²) < 4.78 is 29.0. The molecule has 0 fully saturated rings. The van der Waals surface area contributed by atoms with Crippen LogP contribution in [0, 0.1) is 0 Å². The average molecular weight is 253 g/mol. The molecule has 0 unspecified atom stereocenters. The zero-order valence-corrected chi connectivity index (χ0v) is 10.3. The molecule has 0 bridgehead atoms. The molecule has 0 spiro atoms. The molecule has 0 radical (unpaired) electrons. The highest BCUT2D eigenvalue weighted by atomic mass is 32.2. The van der Waals surface area contributed by atoms with Gasteiger partial charge in [0.05, 0.1) is 7.11 Å². The number of carbonyl (C=O) groups is 1. The number of esters is 1. The average Bonchev–Trinajstić information content (AvgIpc) is 2.22. The molecule has 0 aliphatic rings. The van der Waals surface area contributed by atoms with Crippen LogP contribution in [-0.4, -0.2) is 45.5 Å². The number of hydrogen-bond donors (Lipinski definition) is 2. The Balaban J connectivity index is 3.63. The van der Waals surface area contributed by atoms with Crippen molar-refractivity contribution in [2.45, 2.75) is 25.7 Å². The standard InChI is InChI=1S/C9H19NO5S/c1-15-9(12)8-16(13,14)10-6-4-2-3-5-7-11/h10-11H,2-8H2,1H3. The topological polar surface area (TPSA) is 92.7 Å². The molecule has 7 heteroatoms. The van der Waals surface area contributed by atoms with E-state index in [1.54, 1.807) is 0 Å².